The van der Waals surface area contributed by atoms with E-state index in [1.54, 1.807) is 18.2 Å². The number of halogens is 1. The molecule has 0 saturated carbocycles. The molecule has 0 saturated heterocycles. The molecule has 3 rings (SSSR count). The second-order valence-electron chi connectivity index (χ2n) is 6.07. The molecule has 0 fully saturated rings. The summed E-state index contributed by atoms with van der Waals surface area (Å²) in [5.41, 5.74) is 2.91. The van der Waals surface area contributed by atoms with Crippen molar-refractivity contribution in [2.45, 2.75) is 26.7 Å². The topological polar surface area (TPSA) is 72.2 Å². The Kier molecular flexibility index (Phi) is 5.63. The van der Waals surface area contributed by atoms with Crippen molar-refractivity contribution >= 4 is 29.4 Å². The SMILES string of the molecule is Cc1cc(C)n2c(CCCNC(=O)C=Cc3ccc(Cl)cc3)nnc2n1. The molecule has 6 nitrogen and oxygen atoms in total. The number of rotatable bonds is 6. The van der Waals surface area contributed by atoms with Gasteiger partial charge >= 0.3 is 0 Å². The number of aromatic nitrogens is 4. The van der Waals surface area contributed by atoms with E-state index in [1.165, 1.54) is 6.08 Å². The van der Waals surface area contributed by atoms with Gasteiger partial charge in [0.05, 0.1) is 0 Å². The van der Waals surface area contributed by atoms with Crippen LogP contribution in [0.3, 0.4) is 0 Å². The lowest BCUT2D eigenvalue weighted by Crippen LogP contribution is -2.22. The minimum atomic E-state index is -0.125. The minimum Gasteiger partial charge on any atom is -0.353 e. The third kappa shape index (κ3) is 4.46. The molecule has 1 aromatic carbocycles. The van der Waals surface area contributed by atoms with Crippen LogP contribution in [0.1, 0.15) is 29.2 Å². The van der Waals surface area contributed by atoms with E-state index in [4.69, 9.17) is 11.6 Å². The quantitative estimate of drug-likeness (QED) is 0.535. The lowest BCUT2D eigenvalue weighted by atomic mass is 10.2. The minimum absolute atomic E-state index is 0.125. The average Bonchev–Trinajstić information content (AvgIpc) is 3.01. The van der Waals surface area contributed by atoms with Crippen LogP contribution < -0.4 is 5.32 Å². The maximum atomic E-state index is 11.9. The second kappa shape index (κ2) is 8.10. The third-order valence-electron chi connectivity index (χ3n) is 3.93. The number of nitrogens with one attached hydrogen (secondary N) is 1. The summed E-state index contributed by atoms with van der Waals surface area (Å²) in [6, 6.07) is 9.31. The maximum Gasteiger partial charge on any atom is 0.255 e. The summed E-state index contributed by atoms with van der Waals surface area (Å²) < 4.78 is 1.95. The molecular formula is C19H20ClN5O. The maximum absolute atomic E-state index is 11.9. The molecule has 0 aliphatic rings. The summed E-state index contributed by atoms with van der Waals surface area (Å²) in [6.07, 6.45) is 4.77. The molecule has 1 amide bonds. The smallest absolute Gasteiger partial charge is 0.255 e. The van der Waals surface area contributed by atoms with Crippen LogP contribution in [-0.4, -0.2) is 32.0 Å². The van der Waals surface area contributed by atoms with Crippen LogP contribution in [0, 0.1) is 13.8 Å². The Bertz CT molecular complexity index is 946. The highest BCUT2D eigenvalue weighted by molar-refractivity contribution is 6.30. The van der Waals surface area contributed by atoms with Crippen LogP contribution >= 0.6 is 11.6 Å². The van der Waals surface area contributed by atoms with Crippen molar-refractivity contribution < 1.29 is 4.79 Å². The first-order valence-electron chi connectivity index (χ1n) is 8.42. The van der Waals surface area contributed by atoms with Gasteiger partial charge in [-0.3, -0.25) is 9.20 Å². The molecule has 2 aromatic heterocycles. The number of nitrogens with zero attached hydrogens (tertiary/aromatic N) is 4. The molecule has 1 N–H and O–H groups in total. The van der Waals surface area contributed by atoms with Crippen LogP contribution in [0.4, 0.5) is 0 Å². The van der Waals surface area contributed by atoms with E-state index in [0.29, 0.717) is 23.8 Å². The van der Waals surface area contributed by atoms with Crippen LogP contribution in [0.25, 0.3) is 11.9 Å². The normalized spacial score (nSPS) is 11.3. The van der Waals surface area contributed by atoms with Gasteiger partial charge in [0.25, 0.3) is 5.78 Å². The molecule has 0 aliphatic carbocycles. The molecule has 0 radical (unpaired) electrons. The summed E-state index contributed by atoms with van der Waals surface area (Å²) >= 11 is 5.84. The predicted octanol–water partition coefficient (Wildman–Crippen LogP) is 3.16. The highest BCUT2D eigenvalue weighted by Gasteiger charge is 2.09. The van der Waals surface area contributed by atoms with Gasteiger partial charge in [0, 0.05) is 35.5 Å². The number of amides is 1. The number of fused-ring (bicyclic) bond motifs is 1. The standard InChI is InChI=1S/C19H20ClN5O/c1-13-12-14(2)25-17(23-24-19(25)22-13)4-3-11-21-18(26)10-7-15-5-8-16(20)9-6-15/h5-10,12H,3-4,11H2,1-2H3,(H,21,26). The lowest BCUT2D eigenvalue weighted by molar-refractivity contribution is -0.116. The van der Waals surface area contributed by atoms with E-state index in [1.807, 2.05) is 36.4 Å². The molecule has 26 heavy (non-hydrogen) atoms. The van der Waals surface area contributed by atoms with Gasteiger partial charge in [-0.15, -0.1) is 10.2 Å². The Labute approximate surface area is 156 Å². The van der Waals surface area contributed by atoms with Crippen LogP contribution in [0.2, 0.25) is 5.02 Å². The summed E-state index contributed by atoms with van der Waals surface area (Å²) in [4.78, 5) is 16.3. The number of aryl methyl sites for hydroxylation is 3. The zero-order valence-electron chi connectivity index (χ0n) is 14.7. The van der Waals surface area contributed by atoms with Gasteiger partial charge in [-0.2, -0.15) is 0 Å². The molecule has 0 unspecified atom stereocenters. The Balaban J connectivity index is 1.50. The molecule has 2 heterocycles. The van der Waals surface area contributed by atoms with Crippen LogP contribution in [-0.2, 0) is 11.2 Å². The molecular weight excluding hydrogens is 350 g/mol. The fraction of sp³-hybridized carbons (Fsp3) is 0.263. The van der Waals surface area contributed by atoms with Gasteiger partial charge in [-0.1, -0.05) is 23.7 Å². The number of hydrogen-bond acceptors (Lipinski definition) is 4. The van der Waals surface area contributed by atoms with E-state index in [0.717, 1.165) is 29.2 Å². The van der Waals surface area contributed by atoms with Gasteiger partial charge in [0.2, 0.25) is 5.91 Å². The van der Waals surface area contributed by atoms with E-state index < -0.39 is 0 Å². The van der Waals surface area contributed by atoms with Crippen molar-refractivity contribution in [3.05, 3.63) is 64.2 Å². The monoisotopic (exact) mass is 369 g/mol. The molecule has 7 heteroatoms. The number of benzene rings is 1. The van der Waals surface area contributed by atoms with Crippen molar-refractivity contribution in [1.29, 1.82) is 0 Å². The fourth-order valence-electron chi connectivity index (χ4n) is 2.72. The molecule has 134 valence electrons. The average molecular weight is 370 g/mol. The Hall–Kier alpha value is -2.73. The Morgan fingerprint density at radius 2 is 2.00 bits per heavy atom. The molecule has 0 spiro atoms. The summed E-state index contributed by atoms with van der Waals surface area (Å²) in [5, 5.41) is 11.9. The zero-order valence-corrected chi connectivity index (χ0v) is 15.5. The van der Waals surface area contributed by atoms with Gasteiger partial charge in [0.15, 0.2) is 0 Å². The van der Waals surface area contributed by atoms with Crippen molar-refractivity contribution in [3.63, 3.8) is 0 Å². The zero-order chi connectivity index (χ0) is 18.5. The first-order chi connectivity index (χ1) is 12.5. The highest BCUT2D eigenvalue weighted by atomic mass is 35.5. The third-order valence-corrected chi connectivity index (χ3v) is 4.19. The number of hydrogen-bond donors (Lipinski definition) is 1. The molecule has 0 atom stereocenters. The van der Waals surface area contributed by atoms with E-state index in [-0.39, 0.29) is 5.91 Å². The largest absolute Gasteiger partial charge is 0.353 e. The first-order valence-corrected chi connectivity index (χ1v) is 8.80. The Morgan fingerprint density at radius 1 is 1.23 bits per heavy atom. The van der Waals surface area contributed by atoms with Crippen LogP contribution in [0.15, 0.2) is 36.4 Å². The number of carbonyl (C=O) groups excluding carboxylic acids is 1. The summed E-state index contributed by atoms with van der Waals surface area (Å²) in [6.45, 7) is 4.52. The van der Waals surface area contributed by atoms with Gasteiger partial charge in [-0.25, -0.2) is 4.98 Å². The van der Waals surface area contributed by atoms with Gasteiger partial charge in [-0.05, 0) is 50.1 Å². The molecule has 0 bridgehead atoms. The van der Waals surface area contributed by atoms with Crippen molar-refractivity contribution in [2.24, 2.45) is 0 Å². The van der Waals surface area contributed by atoms with Crippen molar-refractivity contribution in [1.82, 2.24) is 24.9 Å². The van der Waals surface area contributed by atoms with Gasteiger partial charge < -0.3 is 5.32 Å². The van der Waals surface area contributed by atoms with E-state index in [9.17, 15) is 4.79 Å². The van der Waals surface area contributed by atoms with Crippen molar-refractivity contribution in [3.8, 4) is 0 Å². The molecule has 0 aliphatic heterocycles. The molecule has 3 aromatic rings. The van der Waals surface area contributed by atoms with E-state index >= 15 is 0 Å². The highest BCUT2D eigenvalue weighted by Crippen LogP contribution is 2.11. The Morgan fingerprint density at radius 3 is 2.77 bits per heavy atom. The number of carbonyl (C=O) groups is 1. The predicted molar refractivity (Wildman–Crippen MR) is 102 cm³/mol. The summed E-state index contributed by atoms with van der Waals surface area (Å²) in [7, 11) is 0. The van der Waals surface area contributed by atoms with Gasteiger partial charge in [0.1, 0.15) is 5.82 Å². The first kappa shape index (κ1) is 18.1. The van der Waals surface area contributed by atoms with Crippen LogP contribution in [0.5, 0.6) is 0 Å². The van der Waals surface area contributed by atoms with E-state index in [2.05, 4.69) is 20.5 Å². The summed E-state index contributed by atoms with van der Waals surface area (Å²) in [5.74, 6) is 1.35. The van der Waals surface area contributed by atoms with Crippen molar-refractivity contribution in [2.75, 3.05) is 6.54 Å². The fourth-order valence-corrected chi connectivity index (χ4v) is 2.85. The lowest BCUT2D eigenvalue weighted by Gasteiger charge is -2.05. The second-order valence-corrected chi connectivity index (χ2v) is 6.51.